The standard InChI is InChI=1S/C22H24N4O3/c23-21(28)15-8-9-19(25-10-1-2-11-25)18(14-15)24-22(29)16-5-3-6-17(13-16)26-12-4-7-20(26)27/h3,5-6,8-9,13-14H,1-2,4,7,10-12H2,(H2,23,28)(H,24,29). The summed E-state index contributed by atoms with van der Waals surface area (Å²) in [5.74, 6) is -0.753. The Morgan fingerprint density at radius 1 is 0.931 bits per heavy atom. The van der Waals surface area contributed by atoms with Gasteiger partial charge in [-0.25, -0.2) is 0 Å². The Bertz CT molecular complexity index is 966. The van der Waals surface area contributed by atoms with Crippen LogP contribution < -0.4 is 20.9 Å². The highest BCUT2D eigenvalue weighted by atomic mass is 16.2. The topological polar surface area (TPSA) is 95.7 Å². The summed E-state index contributed by atoms with van der Waals surface area (Å²) in [6, 6.07) is 12.2. The van der Waals surface area contributed by atoms with E-state index in [4.69, 9.17) is 5.73 Å². The highest BCUT2D eigenvalue weighted by molar-refractivity contribution is 6.08. The summed E-state index contributed by atoms with van der Waals surface area (Å²) in [5, 5.41) is 2.94. The van der Waals surface area contributed by atoms with Gasteiger partial charge in [0.15, 0.2) is 0 Å². The zero-order valence-electron chi connectivity index (χ0n) is 16.2. The molecule has 0 atom stereocenters. The lowest BCUT2D eigenvalue weighted by Gasteiger charge is -2.22. The molecule has 2 fully saturated rings. The largest absolute Gasteiger partial charge is 0.370 e. The maximum atomic E-state index is 13.0. The first kappa shape index (κ1) is 19.0. The zero-order valence-corrected chi connectivity index (χ0v) is 16.2. The minimum absolute atomic E-state index is 0.0769. The van der Waals surface area contributed by atoms with E-state index in [1.807, 2.05) is 12.1 Å². The predicted molar refractivity (Wildman–Crippen MR) is 112 cm³/mol. The number of primary amides is 1. The van der Waals surface area contributed by atoms with Crippen molar-refractivity contribution in [2.24, 2.45) is 5.73 Å². The molecular weight excluding hydrogens is 368 g/mol. The van der Waals surface area contributed by atoms with Crippen molar-refractivity contribution in [3.63, 3.8) is 0 Å². The van der Waals surface area contributed by atoms with Crippen LogP contribution in [-0.2, 0) is 4.79 Å². The fourth-order valence-corrected chi connectivity index (χ4v) is 3.95. The molecule has 0 bridgehead atoms. The number of carbonyl (C=O) groups excluding carboxylic acids is 3. The lowest BCUT2D eigenvalue weighted by Crippen LogP contribution is -2.24. The molecule has 4 rings (SSSR count). The second kappa shape index (κ2) is 7.95. The first-order chi connectivity index (χ1) is 14.0. The molecule has 2 saturated heterocycles. The molecule has 0 saturated carbocycles. The van der Waals surface area contributed by atoms with Crippen molar-refractivity contribution in [3.8, 4) is 0 Å². The van der Waals surface area contributed by atoms with Crippen molar-refractivity contribution in [1.29, 1.82) is 0 Å². The number of nitrogens with one attached hydrogen (secondary N) is 1. The van der Waals surface area contributed by atoms with Gasteiger partial charge < -0.3 is 20.9 Å². The zero-order chi connectivity index (χ0) is 20.4. The van der Waals surface area contributed by atoms with Crippen LogP contribution in [0.5, 0.6) is 0 Å². The molecule has 29 heavy (non-hydrogen) atoms. The molecular formula is C22H24N4O3. The van der Waals surface area contributed by atoms with Gasteiger partial charge in [0, 0.05) is 42.9 Å². The highest BCUT2D eigenvalue weighted by Crippen LogP contribution is 2.31. The smallest absolute Gasteiger partial charge is 0.255 e. The Labute approximate surface area is 169 Å². The van der Waals surface area contributed by atoms with Crippen molar-refractivity contribution in [2.45, 2.75) is 25.7 Å². The molecule has 0 aliphatic carbocycles. The number of benzene rings is 2. The van der Waals surface area contributed by atoms with Crippen LogP contribution in [0, 0.1) is 0 Å². The van der Waals surface area contributed by atoms with Crippen LogP contribution in [0.3, 0.4) is 0 Å². The average Bonchev–Trinajstić information content (AvgIpc) is 3.40. The Morgan fingerprint density at radius 2 is 1.72 bits per heavy atom. The molecule has 0 spiro atoms. The molecule has 2 aromatic rings. The summed E-state index contributed by atoms with van der Waals surface area (Å²) in [7, 11) is 0. The Balaban J connectivity index is 1.61. The maximum Gasteiger partial charge on any atom is 0.255 e. The third-order valence-corrected chi connectivity index (χ3v) is 5.47. The van der Waals surface area contributed by atoms with Gasteiger partial charge in [-0.15, -0.1) is 0 Å². The average molecular weight is 392 g/mol. The summed E-state index contributed by atoms with van der Waals surface area (Å²) in [5.41, 5.74) is 8.41. The van der Waals surface area contributed by atoms with Gasteiger partial charge >= 0.3 is 0 Å². The molecule has 3 N–H and O–H groups in total. The van der Waals surface area contributed by atoms with Crippen molar-refractivity contribution >= 4 is 34.8 Å². The second-order valence-electron chi connectivity index (χ2n) is 7.44. The number of rotatable bonds is 5. The van der Waals surface area contributed by atoms with E-state index in [0.29, 0.717) is 29.8 Å². The molecule has 2 aliphatic rings. The number of nitrogens with zero attached hydrogens (tertiary/aromatic N) is 2. The third-order valence-electron chi connectivity index (χ3n) is 5.47. The van der Waals surface area contributed by atoms with Crippen LogP contribution in [0.4, 0.5) is 17.1 Å². The molecule has 0 radical (unpaired) electrons. The van der Waals surface area contributed by atoms with Crippen molar-refractivity contribution < 1.29 is 14.4 Å². The van der Waals surface area contributed by atoms with Crippen LogP contribution in [0.25, 0.3) is 0 Å². The molecule has 2 heterocycles. The van der Waals surface area contributed by atoms with Gasteiger partial charge in [0.2, 0.25) is 11.8 Å². The number of amides is 3. The van der Waals surface area contributed by atoms with E-state index in [-0.39, 0.29) is 11.8 Å². The van der Waals surface area contributed by atoms with Gasteiger partial charge in [-0.2, -0.15) is 0 Å². The summed E-state index contributed by atoms with van der Waals surface area (Å²) >= 11 is 0. The van der Waals surface area contributed by atoms with Crippen LogP contribution in [0.1, 0.15) is 46.4 Å². The van der Waals surface area contributed by atoms with Gasteiger partial charge in [-0.05, 0) is 55.7 Å². The minimum atomic E-state index is -0.539. The minimum Gasteiger partial charge on any atom is -0.370 e. The Kier molecular flexibility index (Phi) is 5.20. The molecule has 2 aliphatic heterocycles. The van der Waals surface area contributed by atoms with Gasteiger partial charge in [-0.3, -0.25) is 14.4 Å². The monoisotopic (exact) mass is 392 g/mol. The first-order valence-corrected chi connectivity index (χ1v) is 9.93. The summed E-state index contributed by atoms with van der Waals surface area (Å²) in [4.78, 5) is 40.5. The molecule has 0 unspecified atom stereocenters. The molecule has 7 heteroatoms. The summed E-state index contributed by atoms with van der Waals surface area (Å²) in [6.45, 7) is 2.49. The number of hydrogen-bond acceptors (Lipinski definition) is 4. The molecule has 150 valence electrons. The van der Waals surface area contributed by atoms with E-state index in [0.717, 1.165) is 43.7 Å². The normalized spacial score (nSPS) is 16.3. The first-order valence-electron chi connectivity index (χ1n) is 9.93. The van der Waals surface area contributed by atoms with E-state index >= 15 is 0 Å². The number of anilines is 3. The fraction of sp³-hybridized carbons (Fsp3) is 0.318. The van der Waals surface area contributed by atoms with Crippen molar-refractivity contribution in [3.05, 3.63) is 53.6 Å². The van der Waals surface area contributed by atoms with Crippen LogP contribution in [-0.4, -0.2) is 37.4 Å². The number of hydrogen-bond donors (Lipinski definition) is 2. The highest BCUT2D eigenvalue weighted by Gasteiger charge is 2.23. The van der Waals surface area contributed by atoms with Gasteiger partial charge in [0.1, 0.15) is 0 Å². The summed E-state index contributed by atoms with van der Waals surface area (Å²) < 4.78 is 0. The number of carbonyl (C=O) groups is 3. The van der Waals surface area contributed by atoms with Gasteiger partial charge in [-0.1, -0.05) is 6.07 Å². The van der Waals surface area contributed by atoms with Crippen LogP contribution in [0.2, 0.25) is 0 Å². The Morgan fingerprint density at radius 3 is 2.41 bits per heavy atom. The van der Waals surface area contributed by atoms with Gasteiger partial charge in [0.25, 0.3) is 5.91 Å². The lowest BCUT2D eigenvalue weighted by molar-refractivity contribution is -0.117. The van der Waals surface area contributed by atoms with Crippen molar-refractivity contribution in [2.75, 3.05) is 34.8 Å². The fourth-order valence-electron chi connectivity index (χ4n) is 3.95. The molecule has 7 nitrogen and oxygen atoms in total. The molecule has 3 amide bonds. The van der Waals surface area contributed by atoms with E-state index in [9.17, 15) is 14.4 Å². The van der Waals surface area contributed by atoms with Crippen molar-refractivity contribution in [1.82, 2.24) is 0 Å². The third kappa shape index (κ3) is 3.94. The van der Waals surface area contributed by atoms with E-state index < -0.39 is 5.91 Å². The SMILES string of the molecule is NC(=O)c1ccc(N2CCCC2)c(NC(=O)c2cccc(N3CCCC3=O)c2)c1. The lowest BCUT2D eigenvalue weighted by atomic mass is 10.1. The quantitative estimate of drug-likeness (QED) is 0.818. The second-order valence-corrected chi connectivity index (χ2v) is 7.44. The number of nitrogens with two attached hydrogens (primary N) is 1. The summed E-state index contributed by atoms with van der Waals surface area (Å²) in [6.07, 6.45) is 3.55. The van der Waals surface area contributed by atoms with E-state index in [1.165, 1.54) is 0 Å². The van der Waals surface area contributed by atoms with Crippen LogP contribution >= 0.6 is 0 Å². The van der Waals surface area contributed by atoms with E-state index in [1.54, 1.807) is 35.2 Å². The van der Waals surface area contributed by atoms with E-state index in [2.05, 4.69) is 10.2 Å². The molecule has 0 aromatic heterocycles. The Hall–Kier alpha value is -3.35. The maximum absolute atomic E-state index is 13.0. The van der Waals surface area contributed by atoms with Gasteiger partial charge in [0.05, 0.1) is 11.4 Å². The molecule has 2 aromatic carbocycles. The predicted octanol–water partition coefficient (Wildman–Crippen LogP) is 2.76. The van der Waals surface area contributed by atoms with Crippen LogP contribution in [0.15, 0.2) is 42.5 Å².